The summed E-state index contributed by atoms with van der Waals surface area (Å²) in [6.45, 7) is 1.93. The smallest absolute Gasteiger partial charge is 0.381 e. The monoisotopic (exact) mass is 295 g/mol. The van der Waals surface area contributed by atoms with E-state index in [-0.39, 0.29) is 24.5 Å². The molecule has 1 aliphatic carbocycles. The van der Waals surface area contributed by atoms with Crippen LogP contribution in [0.2, 0.25) is 0 Å². The Hall–Kier alpha value is -0.330. The number of nitrogens with one attached hydrogen (secondary N) is 1. The molecular weight excluding hydrogens is 271 g/mol. The van der Waals surface area contributed by atoms with Crippen molar-refractivity contribution in [3.05, 3.63) is 0 Å². The van der Waals surface area contributed by atoms with Gasteiger partial charge in [0.25, 0.3) is 0 Å². The summed E-state index contributed by atoms with van der Waals surface area (Å²) in [5.41, 5.74) is -0.274. The quantitative estimate of drug-likeness (QED) is 0.865. The van der Waals surface area contributed by atoms with Gasteiger partial charge in [-0.25, -0.2) is 0 Å². The van der Waals surface area contributed by atoms with Crippen LogP contribution < -0.4 is 5.32 Å². The molecule has 0 spiro atoms. The second kappa shape index (κ2) is 6.62. The molecule has 2 fully saturated rings. The van der Waals surface area contributed by atoms with E-state index in [4.69, 9.17) is 9.47 Å². The summed E-state index contributed by atoms with van der Waals surface area (Å²) in [6.07, 6.45) is -0.533. The highest BCUT2D eigenvalue weighted by Gasteiger charge is 2.42. The van der Waals surface area contributed by atoms with Crippen LogP contribution in [0.5, 0.6) is 0 Å². The maximum atomic E-state index is 12.8. The average molecular weight is 295 g/mol. The third-order valence-corrected chi connectivity index (χ3v) is 4.69. The molecule has 1 aliphatic heterocycles. The lowest BCUT2D eigenvalue weighted by molar-refractivity contribution is -0.184. The number of hydrogen-bond donors (Lipinski definition) is 1. The molecule has 20 heavy (non-hydrogen) atoms. The normalized spacial score (nSPS) is 31.2. The molecule has 3 nitrogen and oxygen atoms in total. The van der Waals surface area contributed by atoms with Crippen LogP contribution in [-0.4, -0.2) is 44.7 Å². The van der Waals surface area contributed by atoms with Crippen LogP contribution in [-0.2, 0) is 9.47 Å². The summed E-state index contributed by atoms with van der Waals surface area (Å²) in [7, 11) is 1.67. The summed E-state index contributed by atoms with van der Waals surface area (Å²) in [5.74, 6) is -1.15. The molecule has 2 atom stereocenters. The molecule has 1 heterocycles. The molecule has 118 valence electrons. The number of halogens is 3. The van der Waals surface area contributed by atoms with Gasteiger partial charge in [-0.05, 0) is 19.3 Å². The van der Waals surface area contributed by atoms with E-state index in [1.54, 1.807) is 7.11 Å². The van der Waals surface area contributed by atoms with E-state index in [1.807, 2.05) is 0 Å². The summed E-state index contributed by atoms with van der Waals surface area (Å²) in [6, 6.07) is -0.0507. The highest BCUT2D eigenvalue weighted by Crippen LogP contribution is 2.37. The van der Waals surface area contributed by atoms with E-state index in [2.05, 4.69) is 5.32 Å². The average Bonchev–Trinajstić information content (AvgIpc) is 2.46. The van der Waals surface area contributed by atoms with Crippen molar-refractivity contribution >= 4 is 0 Å². The van der Waals surface area contributed by atoms with Crippen molar-refractivity contribution in [2.45, 2.75) is 56.3 Å². The Kier molecular flexibility index (Phi) is 5.31. The summed E-state index contributed by atoms with van der Waals surface area (Å²) in [4.78, 5) is 0. The van der Waals surface area contributed by atoms with Gasteiger partial charge >= 0.3 is 6.18 Å². The minimum atomic E-state index is -4.06. The molecule has 0 unspecified atom stereocenters. The molecule has 6 heteroatoms. The third kappa shape index (κ3) is 4.09. The Morgan fingerprint density at radius 1 is 1.25 bits per heavy atom. The Balaban J connectivity index is 1.83. The van der Waals surface area contributed by atoms with E-state index in [0.29, 0.717) is 26.2 Å². The topological polar surface area (TPSA) is 30.5 Å². The largest absolute Gasteiger partial charge is 0.391 e. The van der Waals surface area contributed by atoms with Crippen molar-refractivity contribution in [1.29, 1.82) is 0 Å². The van der Waals surface area contributed by atoms with Crippen LogP contribution in [0.3, 0.4) is 0 Å². The van der Waals surface area contributed by atoms with Gasteiger partial charge in [-0.3, -0.25) is 0 Å². The maximum Gasteiger partial charge on any atom is 0.391 e. The third-order valence-electron chi connectivity index (χ3n) is 4.69. The predicted molar refractivity (Wildman–Crippen MR) is 69.6 cm³/mol. The lowest BCUT2D eigenvalue weighted by atomic mass is 9.84. The van der Waals surface area contributed by atoms with Crippen molar-refractivity contribution in [3.8, 4) is 0 Å². The van der Waals surface area contributed by atoms with Crippen LogP contribution in [0.15, 0.2) is 0 Å². The molecule has 0 radical (unpaired) electrons. The zero-order chi connectivity index (χ0) is 14.6. The number of methoxy groups -OCH3 is 1. The Morgan fingerprint density at radius 3 is 2.55 bits per heavy atom. The first-order chi connectivity index (χ1) is 9.45. The first kappa shape index (κ1) is 16.0. The molecule has 2 aliphatic rings. The van der Waals surface area contributed by atoms with Gasteiger partial charge in [0, 0.05) is 45.8 Å². The van der Waals surface area contributed by atoms with Crippen molar-refractivity contribution in [2.24, 2.45) is 5.92 Å². The number of alkyl halides is 3. The first-order valence-electron chi connectivity index (χ1n) is 7.38. The van der Waals surface area contributed by atoms with Crippen LogP contribution in [0, 0.1) is 5.92 Å². The molecule has 0 aromatic rings. The zero-order valence-corrected chi connectivity index (χ0v) is 12.0. The minimum Gasteiger partial charge on any atom is -0.381 e. The fourth-order valence-corrected chi connectivity index (χ4v) is 3.20. The lowest BCUT2D eigenvalue weighted by Crippen LogP contribution is -2.50. The lowest BCUT2D eigenvalue weighted by Gasteiger charge is -2.39. The van der Waals surface area contributed by atoms with Crippen molar-refractivity contribution in [1.82, 2.24) is 5.32 Å². The Labute approximate surface area is 118 Å². The van der Waals surface area contributed by atoms with Gasteiger partial charge in [-0.1, -0.05) is 6.42 Å². The second-order valence-electron chi connectivity index (χ2n) is 5.98. The van der Waals surface area contributed by atoms with Gasteiger partial charge in [-0.15, -0.1) is 0 Å². The molecular formula is C14H24F3NO2. The van der Waals surface area contributed by atoms with E-state index in [9.17, 15) is 13.2 Å². The fraction of sp³-hybridized carbons (Fsp3) is 1.00. The molecule has 0 aromatic carbocycles. The molecule has 1 saturated carbocycles. The molecule has 0 bridgehead atoms. The zero-order valence-electron chi connectivity index (χ0n) is 12.0. The van der Waals surface area contributed by atoms with E-state index in [1.165, 1.54) is 0 Å². The van der Waals surface area contributed by atoms with Crippen LogP contribution in [0.1, 0.15) is 38.5 Å². The van der Waals surface area contributed by atoms with Gasteiger partial charge in [0.05, 0.1) is 11.5 Å². The molecule has 0 aromatic heterocycles. The van der Waals surface area contributed by atoms with Gasteiger partial charge in [0.2, 0.25) is 0 Å². The predicted octanol–water partition coefficient (Wildman–Crippen LogP) is 2.89. The van der Waals surface area contributed by atoms with Crippen molar-refractivity contribution in [3.63, 3.8) is 0 Å². The van der Waals surface area contributed by atoms with Crippen molar-refractivity contribution < 1.29 is 22.6 Å². The molecule has 2 rings (SSSR count). The molecule has 1 saturated heterocycles. The first-order valence-corrected chi connectivity index (χ1v) is 7.38. The highest BCUT2D eigenvalue weighted by atomic mass is 19.4. The standard InChI is InChI=1S/C14H24F3NO2/c1-19-13(5-7-20-8-6-13)10-18-12-4-2-3-11(9-12)14(15,16)17/h11-12,18H,2-10H2,1H3/t11-,12+/m0/s1. The minimum absolute atomic E-state index is 0.0507. The maximum absolute atomic E-state index is 12.8. The van der Waals surface area contributed by atoms with Gasteiger partial charge in [0.1, 0.15) is 0 Å². The van der Waals surface area contributed by atoms with Crippen LogP contribution >= 0.6 is 0 Å². The summed E-state index contributed by atoms with van der Waals surface area (Å²) < 4.78 is 49.3. The van der Waals surface area contributed by atoms with Crippen molar-refractivity contribution in [2.75, 3.05) is 26.9 Å². The van der Waals surface area contributed by atoms with Crippen LogP contribution in [0.4, 0.5) is 13.2 Å². The highest BCUT2D eigenvalue weighted by molar-refractivity contribution is 4.89. The summed E-state index contributed by atoms with van der Waals surface area (Å²) in [5, 5.41) is 3.30. The number of ether oxygens (including phenoxy) is 2. The SMILES string of the molecule is COC1(CN[C@@H]2CCC[C@H](C(F)(F)F)C2)CCOCC1. The van der Waals surface area contributed by atoms with Gasteiger partial charge < -0.3 is 14.8 Å². The summed E-state index contributed by atoms with van der Waals surface area (Å²) >= 11 is 0. The second-order valence-corrected chi connectivity index (χ2v) is 5.98. The number of rotatable bonds is 4. The number of hydrogen-bond acceptors (Lipinski definition) is 3. The van der Waals surface area contributed by atoms with E-state index < -0.39 is 12.1 Å². The Morgan fingerprint density at radius 2 is 1.95 bits per heavy atom. The van der Waals surface area contributed by atoms with Gasteiger partial charge in [0.15, 0.2) is 0 Å². The Bertz CT molecular complexity index is 303. The van der Waals surface area contributed by atoms with E-state index >= 15 is 0 Å². The molecule has 1 N–H and O–H groups in total. The fourth-order valence-electron chi connectivity index (χ4n) is 3.20. The molecule has 0 amide bonds. The van der Waals surface area contributed by atoms with E-state index in [0.717, 1.165) is 19.3 Å². The van der Waals surface area contributed by atoms with Gasteiger partial charge in [-0.2, -0.15) is 13.2 Å². The van der Waals surface area contributed by atoms with Crippen LogP contribution in [0.25, 0.3) is 0 Å².